The summed E-state index contributed by atoms with van der Waals surface area (Å²) in [5.41, 5.74) is 3.23. The molecular weight excluding hydrogens is 543 g/mol. The minimum atomic E-state index is -4.60. The van der Waals surface area contributed by atoms with Crippen molar-refractivity contribution < 1.29 is 42.1 Å². The number of aliphatic hydroxyl groups excluding tert-OH is 1. The number of carbonyl (C=O) groups is 1. The minimum Gasteiger partial charge on any atom is -0.480 e. The maximum Gasteiger partial charge on any atom is 0.459 e. The molecule has 39 heavy (non-hydrogen) atoms. The molecule has 1 fully saturated rings. The van der Waals surface area contributed by atoms with Crippen LogP contribution < -0.4 is 20.2 Å². The highest BCUT2D eigenvalue weighted by Crippen LogP contribution is 2.52. The zero-order valence-corrected chi connectivity index (χ0v) is 22.2. The molecule has 2 unspecified atom stereocenters. The molecule has 4 rings (SSSR count). The lowest BCUT2D eigenvalue weighted by molar-refractivity contribution is -0.202. The van der Waals surface area contributed by atoms with Crippen molar-refractivity contribution in [3.05, 3.63) is 36.7 Å². The summed E-state index contributed by atoms with van der Waals surface area (Å²) in [4.78, 5) is 25.3. The Kier molecular flexibility index (Phi) is 7.53. The summed E-state index contributed by atoms with van der Waals surface area (Å²) in [5.74, 6) is -4.51. The molecule has 5 N–H and O–H groups in total. The molecule has 6 atom stereocenters. The van der Waals surface area contributed by atoms with Crippen LogP contribution in [0.15, 0.2) is 36.7 Å². The van der Waals surface area contributed by atoms with Gasteiger partial charge >= 0.3 is 13.7 Å². The number of imidazole rings is 1. The minimum absolute atomic E-state index is 0.00692. The Morgan fingerprint density at radius 1 is 1.33 bits per heavy atom. The predicted octanol–water partition coefficient (Wildman–Crippen LogP) is 2.02. The number of para-hydroxylation sites is 1. The van der Waals surface area contributed by atoms with E-state index in [2.05, 4.69) is 20.0 Å². The van der Waals surface area contributed by atoms with E-state index in [0.717, 1.165) is 24.7 Å². The Morgan fingerprint density at radius 3 is 2.62 bits per heavy atom. The molecule has 0 amide bonds. The van der Waals surface area contributed by atoms with Crippen LogP contribution in [0.1, 0.15) is 20.1 Å². The van der Waals surface area contributed by atoms with E-state index in [1.165, 1.54) is 12.1 Å². The van der Waals surface area contributed by atoms with Crippen LogP contribution in [-0.2, 0) is 18.6 Å². The number of hydrogen-bond acceptors (Lipinski definition) is 11. The van der Waals surface area contributed by atoms with Gasteiger partial charge in [-0.3, -0.25) is 13.9 Å². The SMILES string of the molecule is CC(NP(=O)(OC[C@@]1(F)O[C@@H](n2cnc3c(N(C)C)nc(N)nc32)[C@](C)(F)[C@@H]1O)Oc1ccccc1)C(=O)O. The molecule has 0 radical (unpaired) electrons. The first-order valence-corrected chi connectivity index (χ1v) is 13.1. The highest BCUT2D eigenvalue weighted by atomic mass is 31.2. The van der Waals surface area contributed by atoms with Crippen LogP contribution >= 0.6 is 7.75 Å². The van der Waals surface area contributed by atoms with E-state index in [1.807, 2.05) is 0 Å². The van der Waals surface area contributed by atoms with Gasteiger partial charge in [0.1, 0.15) is 18.4 Å². The number of nitrogens with one attached hydrogen (secondary N) is 1. The Labute approximate surface area is 221 Å². The van der Waals surface area contributed by atoms with Gasteiger partial charge in [-0.15, -0.1) is 0 Å². The van der Waals surface area contributed by atoms with Crippen molar-refractivity contribution in [3.63, 3.8) is 0 Å². The summed E-state index contributed by atoms with van der Waals surface area (Å²) in [6.45, 7) is 0.755. The van der Waals surface area contributed by atoms with E-state index in [4.69, 9.17) is 19.5 Å². The van der Waals surface area contributed by atoms with Crippen LogP contribution in [0.4, 0.5) is 20.5 Å². The Hall–Kier alpha value is -3.43. The number of nitrogens with two attached hydrogens (primary N) is 1. The van der Waals surface area contributed by atoms with Gasteiger partial charge in [0.2, 0.25) is 5.95 Å². The molecular formula is C22H28F2N7O7P. The fourth-order valence-corrected chi connectivity index (χ4v) is 5.45. The summed E-state index contributed by atoms with van der Waals surface area (Å²) in [5, 5.41) is 22.1. The van der Waals surface area contributed by atoms with E-state index < -0.39 is 50.2 Å². The van der Waals surface area contributed by atoms with Gasteiger partial charge in [0.25, 0.3) is 5.85 Å². The second-order valence-corrected chi connectivity index (χ2v) is 11.0. The van der Waals surface area contributed by atoms with Gasteiger partial charge in [-0.2, -0.15) is 15.1 Å². The average Bonchev–Trinajstić information content (AvgIpc) is 3.35. The summed E-state index contributed by atoms with van der Waals surface area (Å²) >= 11 is 0. The fraction of sp³-hybridized carbons (Fsp3) is 0.455. The molecule has 0 saturated carbocycles. The van der Waals surface area contributed by atoms with Crippen molar-refractivity contribution in [3.8, 4) is 5.75 Å². The maximum atomic E-state index is 16.0. The van der Waals surface area contributed by atoms with Crippen LogP contribution in [-0.4, -0.2) is 80.1 Å². The van der Waals surface area contributed by atoms with Gasteiger partial charge in [0.05, 0.1) is 6.33 Å². The number of fused-ring (bicyclic) bond motifs is 1. The standard InChI is InChI=1S/C22H28F2N7O7P/c1-12(17(32)33)29-39(35,38-13-8-6-5-7-9-13)36-10-22(24)18(34)21(2,23)19(37-22)31-11-26-14-15(30(3)4)27-20(25)28-16(14)31/h5-9,11-12,18-19,34H,10H2,1-4H3,(H,29,35)(H,32,33)(H2,25,27,28)/t12?,18-,19+,21+,22+,39?/m0/s1. The lowest BCUT2D eigenvalue weighted by atomic mass is 9.97. The van der Waals surface area contributed by atoms with Crippen LogP contribution in [0.3, 0.4) is 0 Å². The Morgan fingerprint density at radius 2 is 2.00 bits per heavy atom. The number of alkyl halides is 2. The first-order valence-electron chi connectivity index (χ1n) is 11.6. The smallest absolute Gasteiger partial charge is 0.459 e. The largest absolute Gasteiger partial charge is 0.480 e. The fourth-order valence-electron chi connectivity index (χ4n) is 3.94. The topological polar surface area (TPSA) is 187 Å². The van der Waals surface area contributed by atoms with E-state index >= 15 is 8.78 Å². The first kappa shape index (κ1) is 28.6. The van der Waals surface area contributed by atoms with Crippen LogP contribution in [0, 0.1) is 0 Å². The predicted molar refractivity (Wildman–Crippen MR) is 134 cm³/mol. The first-order chi connectivity index (χ1) is 18.2. The number of aromatic nitrogens is 4. The van der Waals surface area contributed by atoms with Crippen molar-refractivity contribution in [2.45, 2.75) is 43.7 Å². The van der Waals surface area contributed by atoms with E-state index in [-0.39, 0.29) is 22.9 Å². The number of hydrogen-bond donors (Lipinski definition) is 4. The molecule has 1 saturated heterocycles. The number of rotatable bonds is 10. The number of anilines is 2. The zero-order valence-electron chi connectivity index (χ0n) is 21.4. The van der Waals surface area contributed by atoms with Crippen LogP contribution in [0.25, 0.3) is 11.2 Å². The number of benzene rings is 1. The summed E-state index contributed by atoms with van der Waals surface area (Å²) in [6.07, 6.45) is -3.15. The van der Waals surface area contributed by atoms with Crippen molar-refractivity contribution in [2.75, 3.05) is 31.3 Å². The molecule has 3 aromatic rings. The number of ether oxygens (including phenoxy) is 1. The van der Waals surface area contributed by atoms with E-state index in [9.17, 15) is 19.6 Å². The number of aliphatic carboxylic acids is 1. The Bertz CT molecular complexity index is 1410. The number of nitrogens with zero attached hydrogens (tertiary/aromatic N) is 5. The molecule has 0 aliphatic carbocycles. The van der Waals surface area contributed by atoms with Crippen LogP contribution in [0.2, 0.25) is 0 Å². The molecule has 212 valence electrons. The number of carboxylic acid groups (broad SMARTS) is 1. The third-order valence-electron chi connectivity index (χ3n) is 5.95. The summed E-state index contributed by atoms with van der Waals surface area (Å²) in [6, 6.07) is 6.11. The van der Waals surface area contributed by atoms with E-state index in [1.54, 1.807) is 37.2 Å². The van der Waals surface area contributed by atoms with Gasteiger partial charge in [0, 0.05) is 14.1 Å². The lowest BCUT2D eigenvalue weighted by Gasteiger charge is -2.27. The van der Waals surface area contributed by atoms with Gasteiger partial charge in [-0.25, -0.2) is 18.3 Å². The number of aliphatic hydroxyl groups is 1. The van der Waals surface area contributed by atoms with Crippen LogP contribution in [0.5, 0.6) is 5.75 Å². The number of carboxylic acids is 1. The third-order valence-corrected chi connectivity index (χ3v) is 7.58. The van der Waals surface area contributed by atoms with Gasteiger partial charge < -0.3 is 30.1 Å². The molecule has 17 heteroatoms. The van der Waals surface area contributed by atoms with Gasteiger partial charge in [-0.1, -0.05) is 18.2 Å². The molecule has 1 aliphatic heterocycles. The Balaban J connectivity index is 1.64. The number of nitrogen functional groups attached to an aromatic ring is 1. The van der Waals surface area contributed by atoms with Crippen molar-refractivity contribution >= 4 is 36.6 Å². The monoisotopic (exact) mass is 571 g/mol. The van der Waals surface area contributed by atoms with Crippen molar-refractivity contribution in [1.82, 2.24) is 24.6 Å². The van der Waals surface area contributed by atoms with Gasteiger partial charge in [-0.05, 0) is 26.0 Å². The molecule has 0 spiro atoms. The molecule has 3 heterocycles. The molecule has 14 nitrogen and oxygen atoms in total. The van der Waals surface area contributed by atoms with Crippen molar-refractivity contribution in [2.24, 2.45) is 0 Å². The average molecular weight is 571 g/mol. The highest BCUT2D eigenvalue weighted by molar-refractivity contribution is 7.52. The molecule has 1 aliphatic rings. The maximum absolute atomic E-state index is 16.0. The normalized spacial score (nSPS) is 27.3. The third kappa shape index (κ3) is 5.51. The highest BCUT2D eigenvalue weighted by Gasteiger charge is 2.65. The van der Waals surface area contributed by atoms with E-state index in [0.29, 0.717) is 5.82 Å². The quantitative estimate of drug-likeness (QED) is 0.259. The lowest BCUT2D eigenvalue weighted by Crippen LogP contribution is -2.47. The molecule has 1 aromatic carbocycles. The summed E-state index contributed by atoms with van der Waals surface area (Å²) < 4.78 is 62.3. The second-order valence-electron chi connectivity index (χ2n) is 9.30. The van der Waals surface area contributed by atoms with Gasteiger partial charge in [0.15, 0.2) is 35.0 Å². The second kappa shape index (κ2) is 10.3. The number of halogens is 2. The zero-order chi connectivity index (χ0) is 28.8. The summed E-state index contributed by atoms with van der Waals surface area (Å²) in [7, 11) is -1.25. The molecule has 2 aromatic heterocycles. The molecule has 0 bridgehead atoms. The van der Waals surface area contributed by atoms with Crippen molar-refractivity contribution in [1.29, 1.82) is 0 Å².